The third-order valence-corrected chi connectivity index (χ3v) is 4.60. The van der Waals surface area contributed by atoms with Crippen molar-refractivity contribution in [2.24, 2.45) is 0 Å². The average molecular weight is 358 g/mol. The van der Waals surface area contributed by atoms with Crippen LogP contribution in [0, 0.1) is 0 Å². The third kappa shape index (κ3) is 3.57. The molecule has 0 bridgehead atoms. The van der Waals surface area contributed by atoms with Crippen molar-refractivity contribution in [3.8, 4) is 11.5 Å². The van der Waals surface area contributed by atoms with Crippen LogP contribution in [0.5, 0.6) is 11.5 Å². The van der Waals surface area contributed by atoms with Crippen molar-refractivity contribution in [3.05, 3.63) is 52.6 Å². The first-order valence-corrected chi connectivity index (χ1v) is 8.38. The predicted octanol–water partition coefficient (Wildman–Crippen LogP) is 1.89. The highest BCUT2D eigenvalue weighted by Crippen LogP contribution is 2.24. The van der Waals surface area contributed by atoms with Crippen LogP contribution in [0.2, 0.25) is 0 Å². The molecule has 1 amide bonds. The molecular weight excluding hydrogens is 336 g/mol. The van der Waals surface area contributed by atoms with E-state index in [1.807, 2.05) is 36.1 Å². The summed E-state index contributed by atoms with van der Waals surface area (Å²) in [4.78, 5) is 28.4. The number of benzene rings is 1. The molecule has 2 heterocycles. The van der Waals surface area contributed by atoms with Crippen LogP contribution in [0.15, 0.2) is 45.8 Å². The monoisotopic (exact) mass is 358 g/mol. The number of hydrogen-bond donors (Lipinski definition) is 0. The Kier molecular flexibility index (Phi) is 5.27. The first-order chi connectivity index (χ1) is 12.5. The van der Waals surface area contributed by atoms with Gasteiger partial charge in [0.2, 0.25) is 17.1 Å². The fraction of sp³-hybridized carbons (Fsp3) is 0.368. The minimum atomic E-state index is -0.321. The molecular formula is C19H22N2O5. The number of ether oxygens (including phenoxy) is 2. The first-order valence-electron chi connectivity index (χ1n) is 8.38. The van der Waals surface area contributed by atoms with Crippen LogP contribution in [0.1, 0.15) is 12.7 Å². The summed E-state index contributed by atoms with van der Waals surface area (Å²) in [6, 6.07) is 8.52. The zero-order chi connectivity index (χ0) is 18.7. The normalized spacial score (nSPS) is 18.0. The Balaban J connectivity index is 1.71. The number of carbonyl (C=O) groups excluding carboxylic acids is 1. The van der Waals surface area contributed by atoms with Gasteiger partial charge in [-0.2, -0.15) is 0 Å². The SMILES string of the molecule is COc1ccc(N2CCN(Cc3cc(=O)c(OC)co3)[C@@H](C)C2=O)cc1. The van der Waals surface area contributed by atoms with Gasteiger partial charge >= 0.3 is 0 Å². The summed E-state index contributed by atoms with van der Waals surface area (Å²) in [5, 5.41) is 0. The molecule has 1 saturated heterocycles. The molecule has 0 saturated carbocycles. The van der Waals surface area contributed by atoms with Gasteiger partial charge in [0.05, 0.1) is 26.8 Å². The molecule has 1 fully saturated rings. The van der Waals surface area contributed by atoms with Crippen molar-refractivity contribution in [1.82, 2.24) is 4.90 Å². The van der Waals surface area contributed by atoms with E-state index >= 15 is 0 Å². The lowest BCUT2D eigenvalue weighted by Gasteiger charge is -2.38. The van der Waals surface area contributed by atoms with E-state index in [0.29, 0.717) is 25.4 Å². The van der Waals surface area contributed by atoms with E-state index in [1.165, 1.54) is 19.4 Å². The number of hydrogen-bond acceptors (Lipinski definition) is 6. The lowest BCUT2D eigenvalue weighted by Crippen LogP contribution is -2.55. The van der Waals surface area contributed by atoms with Crippen LogP contribution < -0.4 is 19.8 Å². The number of methoxy groups -OCH3 is 2. The number of nitrogens with zero attached hydrogens (tertiary/aromatic N) is 2. The Morgan fingerprint density at radius 2 is 1.85 bits per heavy atom. The topological polar surface area (TPSA) is 72.2 Å². The van der Waals surface area contributed by atoms with E-state index in [-0.39, 0.29) is 23.1 Å². The van der Waals surface area contributed by atoms with Crippen LogP contribution in [0.3, 0.4) is 0 Å². The maximum atomic E-state index is 12.8. The Hall–Kier alpha value is -2.80. The highest BCUT2D eigenvalue weighted by molar-refractivity contribution is 5.97. The van der Waals surface area contributed by atoms with Gasteiger partial charge in [0.25, 0.3) is 0 Å². The van der Waals surface area contributed by atoms with Crippen LogP contribution in [0.4, 0.5) is 5.69 Å². The minimum absolute atomic E-state index is 0.0114. The fourth-order valence-corrected chi connectivity index (χ4v) is 3.02. The largest absolute Gasteiger partial charge is 0.497 e. The second-order valence-electron chi connectivity index (χ2n) is 6.11. The number of rotatable bonds is 5. The third-order valence-electron chi connectivity index (χ3n) is 4.60. The first kappa shape index (κ1) is 18.0. The van der Waals surface area contributed by atoms with Crippen LogP contribution >= 0.6 is 0 Å². The quantitative estimate of drug-likeness (QED) is 0.813. The molecule has 7 nitrogen and oxygen atoms in total. The molecule has 3 rings (SSSR count). The van der Waals surface area contributed by atoms with Crippen LogP contribution in [-0.2, 0) is 11.3 Å². The predicted molar refractivity (Wildman–Crippen MR) is 96.7 cm³/mol. The minimum Gasteiger partial charge on any atom is -0.497 e. The molecule has 1 atom stereocenters. The molecule has 0 radical (unpaired) electrons. The second-order valence-corrected chi connectivity index (χ2v) is 6.11. The van der Waals surface area contributed by atoms with Crippen molar-refractivity contribution >= 4 is 11.6 Å². The van der Waals surface area contributed by atoms with Gasteiger partial charge < -0.3 is 18.8 Å². The van der Waals surface area contributed by atoms with Crippen molar-refractivity contribution in [2.75, 3.05) is 32.2 Å². The highest BCUT2D eigenvalue weighted by atomic mass is 16.5. The smallest absolute Gasteiger partial charge is 0.244 e. The zero-order valence-electron chi connectivity index (χ0n) is 15.1. The molecule has 0 spiro atoms. The Bertz CT molecular complexity index is 831. The van der Waals surface area contributed by atoms with Gasteiger partial charge in [-0.25, -0.2) is 0 Å². The molecule has 7 heteroatoms. The van der Waals surface area contributed by atoms with Gasteiger partial charge in [-0.3, -0.25) is 14.5 Å². The average Bonchev–Trinajstić information content (AvgIpc) is 2.66. The Labute approximate surface area is 151 Å². The molecule has 1 aliphatic rings. The molecule has 1 aliphatic heterocycles. The van der Waals surface area contributed by atoms with Crippen molar-refractivity contribution in [2.45, 2.75) is 19.5 Å². The molecule has 138 valence electrons. The Morgan fingerprint density at radius 3 is 2.46 bits per heavy atom. The standard InChI is InChI=1S/C19H22N2O5/c1-13-19(23)21(14-4-6-15(24-2)7-5-14)9-8-20(13)11-16-10-17(22)18(25-3)12-26-16/h4-7,10,12-13H,8-9,11H2,1-3H3/t13-/m0/s1. The van der Waals surface area contributed by atoms with E-state index < -0.39 is 0 Å². The summed E-state index contributed by atoms with van der Waals surface area (Å²) < 4.78 is 15.5. The molecule has 2 aromatic rings. The summed E-state index contributed by atoms with van der Waals surface area (Å²) in [6.45, 7) is 3.49. The molecule has 26 heavy (non-hydrogen) atoms. The van der Waals surface area contributed by atoms with Crippen LogP contribution in [-0.4, -0.2) is 44.2 Å². The maximum Gasteiger partial charge on any atom is 0.244 e. The summed E-state index contributed by atoms with van der Waals surface area (Å²) >= 11 is 0. The lowest BCUT2D eigenvalue weighted by molar-refractivity contribution is -0.125. The van der Waals surface area contributed by atoms with Gasteiger partial charge in [0.15, 0.2) is 0 Å². The lowest BCUT2D eigenvalue weighted by atomic mass is 10.1. The van der Waals surface area contributed by atoms with Gasteiger partial charge in [0.1, 0.15) is 17.8 Å². The molecule has 0 aliphatic carbocycles. The van der Waals surface area contributed by atoms with Gasteiger partial charge in [0, 0.05) is 24.8 Å². The van der Waals surface area contributed by atoms with Crippen LogP contribution in [0.25, 0.3) is 0 Å². The number of anilines is 1. The summed E-state index contributed by atoms with van der Waals surface area (Å²) in [6.07, 6.45) is 1.30. The van der Waals surface area contributed by atoms with Gasteiger partial charge in [-0.15, -0.1) is 0 Å². The Morgan fingerprint density at radius 1 is 1.12 bits per heavy atom. The number of amides is 1. The molecule has 0 unspecified atom stereocenters. The molecule has 1 aromatic heterocycles. The number of carbonyl (C=O) groups is 1. The fourth-order valence-electron chi connectivity index (χ4n) is 3.02. The number of piperazine rings is 1. The van der Waals surface area contributed by atoms with Gasteiger partial charge in [-0.05, 0) is 31.2 Å². The molecule has 0 N–H and O–H groups in total. The second kappa shape index (κ2) is 7.61. The maximum absolute atomic E-state index is 12.8. The van der Waals surface area contributed by atoms with E-state index in [9.17, 15) is 9.59 Å². The molecule has 1 aromatic carbocycles. The van der Waals surface area contributed by atoms with E-state index in [2.05, 4.69) is 0 Å². The van der Waals surface area contributed by atoms with E-state index in [4.69, 9.17) is 13.9 Å². The van der Waals surface area contributed by atoms with Crippen molar-refractivity contribution < 1.29 is 18.7 Å². The van der Waals surface area contributed by atoms with E-state index in [1.54, 1.807) is 12.0 Å². The summed E-state index contributed by atoms with van der Waals surface area (Å²) in [5.41, 5.74) is 0.614. The highest BCUT2D eigenvalue weighted by Gasteiger charge is 2.32. The summed E-state index contributed by atoms with van der Waals surface area (Å²) in [5.74, 6) is 1.44. The van der Waals surface area contributed by atoms with E-state index in [0.717, 1.165) is 11.4 Å². The van der Waals surface area contributed by atoms with Crippen molar-refractivity contribution in [3.63, 3.8) is 0 Å². The zero-order valence-corrected chi connectivity index (χ0v) is 15.1. The van der Waals surface area contributed by atoms with Crippen molar-refractivity contribution in [1.29, 1.82) is 0 Å². The summed E-state index contributed by atoms with van der Waals surface area (Å²) in [7, 11) is 3.03. The van der Waals surface area contributed by atoms with Gasteiger partial charge in [-0.1, -0.05) is 0 Å².